The Labute approximate surface area is 149 Å². The van der Waals surface area contributed by atoms with E-state index in [0.717, 1.165) is 30.4 Å². The van der Waals surface area contributed by atoms with Gasteiger partial charge < -0.3 is 19.7 Å². The predicted molar refractivity (Wildman–Crippen MR) is 95.8 cm³/mol. The van der Waals surface area contributed by atoms with Gasteiger partial charge in [0.05, 0.1) is 6.04 Å². The van der Waals surface area contributed by atoms with Crippen LogP contribution >= 0.6 is 0 Å². The minimum Gasteiger partial charge on any atom is -0.444 e. The number of carbonyl (C=O) groups is 2. The van der Waals surface area contributed by atoms with Gasteiger partial charge in [-0.3, -0.25) is 0 Å². The molecule has 0 aromatic heterocycles. The van der Waals surface area contributed by atoms with E-state index in [4.69, 9.17) is 9.47 Å². The molecule has 1 aliphatic rings. The fourth-order valence-electron chi connectivity index (χ4n) is 2.85. The molecule has 0 saturated carbocycles. The molecule has 2 amide bonds. The van der Waals surface area contributed by atoms with E-state index in [1.807, 2.05) is 39.8 Å². The zero-order valence-electron chi connectivity index (χ0n) is 15.7. The third kappa shape index (κ3) is 5.37. The number of hydrogen-bond donors (Lipinski definition) is 1. The summed E-state index contributed by atoms with van der Waals surface area (Å²) in [5.41, 5.74) is 1.60. The first-order chi connectivity index (χ1) is 11.7. The minimum atomic E-state index is -0.535. The minimum absolute atomic E-state index is 0.128. The van der Waals surface area contributed by atoms with Gasteiger partial charge in [-0.15, -0.1) is 0 Å². The van der Waals surface area contributed by atoms with Crippen molar-refractivity contribution in [2.24, 2.45) is 0 Å². The summed E-state index contributed by atoms with van der Waals surface area (Å²) in [6.07, 6.45) is 1.74. The fraction of sp³-hybridized carbons (Fsp3) is 0.579. The highest BCUT2D eigenvalue weighted by Gasteiger charge is 2.27. The molecule has 0 spiro atoms. The zero-order chi connectivity index (χ0) is 18.6. The molecule has 0 fully saturated rings. The van der Waals surface area contributed by atoms with Crippen molar-refractivity contribution in [2.75, 3.05) is 13.6 Å². The van der Waals surface area contributed by atoms with E-state index in [1.54, 1.807) is 18.0 Å². The maximum atomic E-state index is 12.0. The molecule has 1 N–H and O–H groups in total. The van der Waals surface area contributed by atoms with Crippen molar-refractivity contribution < 1.29 is 19.1 Å². The lowest BCUT2D eigenvalue weighted by atomic mass is 10.1. The molecule has 1 atom stereocenters. The van der Waals surface area contributed by atoms with Gasteiger partial charge in [0.15, 0.2) is 0 Å². The van der Waals surface area contributed by atoms with Crippen LogP contribution in [-0.4, -0.2) is 36.3 Å². The van der Waals surface area contributed by atoms with Gasteiger partial charge in [0.1, 0.15) is 11.4 Å². The Morgan fingerprint density at radius 1 is 1.32 bits per heavy atom. The molecule has 2 rings (SSSR count). The monoisotopic (exact) mass is 348 g/mol. The van der Waals surface area contributed by atoms with Gasteiger partial charge in [-0.2, -0.15) is 0 Å². The number of nitrogens with zero attached hydrogens (tertiary/aromatic N) is 1. The van der Waals surface area contributed by atoms with E-state index in [2.05, 4.69) is 5.32 Å². The molecule has 0 heterocycles. The summed E-state index contributed by atoms with van der Waals surface area (Å²) < 4.78 is 10.8. The third-order valence-corrected chi connectivity index (χ3v) is 3.96. The number of rotatable bonds is 4. The highest BCUT2D eigenvalue weighted by atomic mass is 16.6. The zero-order valence-corrected chi connectivity index (χ0v) is 15.7. The molecule has 0 bridgehead atoms. The Balaban J connectivity index is 2.05. The lowest BCUT2D eigenvalue weighted by molar-refractivity contribution is 0.0503. The molecule has 6 heteroatoms. The lowest BCUT2D eigenvalue weighted by Gasteiger charge is -2.22. The second kappa shape index (κ2) is 7.76. The van der Waals surface area contributed by atoms with Gasteiger partial charge in [0, 0.05) is 13.6 Å². The van der Waals surface area contributed by atoms with Crippen molar-refractivity contribution >= 4 is 12.2 Å². The Morgan fingerprint density at radius 2 is 2.04 bits per heavy atom. The van der Waals surface area contributed by atoms with Crippen LogP contribution in [-0.2, 0) is 11.2 Å². The fourth-order valence-corrected chi connectivity index (χ4v) is 2.85. The summed E-state index contributed by atoms with van der Waals surface area (Å²) in [5.74, 6) is 0.490. The smallest absolute Gasteiger partial charge is 0.414 e. The van der Waals surface area contributed by atoms with Crippen molar-refractivity contribution in [2.45, 2.75) is 58.6 Å². The molecule has 0 radical (unpaired) electrons. The Bertz CT molecular complexity index is 637. The Morgan fingerprint density at radius 3 is 2.68 bits per heavy atom. The van der Waals surface area contributed by atoms with Gasteiger partial charge >= 0.3 is 12.2 Å². The van der Waals surface area contributed by atoms with E-state index in [1.165, 1.54) is 0 Å². The number of benzene rings is 1. The van der Waals surface area contributed by atoms with Crippen LogP contribution in [0, 0.1) is 0 Å². The average Bonchev–Trinajstić information content (AvgIpc) is 2.88. The number of carbonyl (C=O) groups excluding carboxylic acids is 2. The first kappa shape index (κ1) is 19.1. The molecule has 0 saturated heterocycles. The van der Waals surface area contributed by atoms with E-state index < -0.39 is 11.7 Å². The van der Waals surface area contributed by atoms with Crippen molar-refractivity contribution in [3.63, 3.8) is 0 Å². The van der Waals surface area contributed by atoms with Gasteiger partial charge in [0.2, 0.25) is 0 Å². The van der Waals surface area contributed by atoms with Crippen molar-refractivity contribution in [3.05, 3.63) is 29.3 Å². The average molecular weight is 348 g/mol. The van der Waals surface area contributed by atoms with Crippen LogP contribution in [0.4, 0.5) is 9.59 Å². The van der Waals surface area contributed by atoms with Crippen LogP contribution in [0.15, 0.2) is 18.2 Å². The SMILES string of the molecule is CCCN(C)C(=O)Oc1ccc2c(c1)[C@H](NC(=O)OC(C)(C)C)CC2. The second-order valence-corrected chi connectivity index (χ2v) is 7.39. The molecular weight excluding hydrogens is 320 g/mol. The molecule has 1 aromatic carbocycles. The number of amides is 2. The Kier molecular flexibility index (Phi) is 5.93. The quantitative estimate of drug-likeness (QED) is 0.892. The van der Waals surface area contributed by atoms with Crippen molar-refractivity contribution in [1.82, 2.24) is 10.2 Å². The summed E-state index contributed by atoms with van der Waals surface area (Å²) in [7, 11) is 1.71. The van der Waals surface area contributed by atoms with Gasteiger partial charge in [-0.05, 0) is 63.3 Å². The van der Waals surface area contributed by atoms with Crippen molar-refractivity contribution in [1.29, 1.82) is 0 Å². The standard InChI is InChI=1S/C19H28N2O4/c1-6-11-21(5)18(23)24-14-9-7-13-8-10-16(15(13)12-14)20-17(22)25-19(2,3)4/h7,9,12,16H,6,8,10-11H2,1-5H3,(H,20,22)/t16-/m1/s1. The number of alkyl carbamates (subject to hydrolysis) is 1. The van der Waals surface area contributed by atoms with Crippen LogP contribution < -0.4 is 10.1 Å². The number of aryl methyl sites for hydroxylation is 1. The van der Waals surface area contributed by atoms with Crippen molar-refractivity contribution in [3.8, 4) is 5.75 Å². The molecular formula is C19H28N2O4. The summed E-state index contributed by atoms with van der Waals surface area (Å²) in [5, 5.41) is 2.90. The summed E-state index contributed by atoms with van der Waals surface area (Å²) >= 11 is 0. The van der Waals surface area contributed by atoms with Gasteiger partial charge in [-0.1, -0.05) is 13.0 Å². The molecule has 6 nitrogen and oxygen atoms in total. The Hall–Kier alpha value is -2.24. The molecule has 138 valence electrons. The molecule has 1 aromatic rings. The highest BCUT2D eigenvalue weighted by molar-refractivity contribution is 5.71. The number of ether oxygens (including phenoxy) is 2. The van der Waals surface area contributed by atoms with Crippen LogP contribution in [0.2, 0.25) is 0 Å². The third-order valence-electron chi connectivity index (χ3n) is 3.96. The summed E-state index contributed by atoms with van der Waals surface area (Å²) in [4.78, 5) is 25.6. The van der Waals surface area contributed by atoms with E-state index in [0.29, 0.717) is 12.3 Å². The van der Waals surface area contributed by atoms with E-state index in [-0.39, 0.29) is 12.1 Å². The maximum Gasteiger partial charge on any atom is 0.414 e. The summed E-state index contributed by atoms with van der Waals surface area (Å²) in [6, 6.07) is 5.46. The topological polar surface area (TPSA) is 67.9 Å². The normalized spacial score (nSPS) is 16.1. The van der Waals surface area contributed by atoms with Gasteiger partial charge in [0.25, 0.3) is 0 Å². The maximum absolute atomic E-state index is 12.0. The second-order valence-electron chi connectivity index (χ2n) is 7.39. The summed E-state index contributed by atoms with van der Waals surface area (Å²) in [6.45, 7) is 8.15. The molecule has 0 aliphatic heterocycles. The first-order valence-corrected chi connectivity index (χ1v) is 8.75. The number of hydrogen-bond acceptors (Lipinski definition) is 4. The lowest BCUT2D eigenvalue weighted by Crippen LogP contribution is -2.34. The largest absolute Gasteiger partial charge is 0.444 e. The molecule has 1 aliphatic carbocycles. The molecule has 0 unspecified atom stereocenters. The van der Waals surface area contributed by atoms with E-state index in [9.17, 15) is 9.59 Å². The van der Waals surface area contributed by atoms with Crippen LogP contribution in [0.5, 0.6) is 5.75 Å². The van der Waals surface area contributed by atoms with E-state index >= 15 is 0 Å². The number of fused-ring (bicyclic) bond motifs is 1. The van der Waals surface area contributed by atoms with Crippen LogP contribution in [0.3, 0.4) is 0 Å². The van der Waals surface area contributed by atoms with Crippen LogP contribution in [0.25, 0.3) is 0 Å². The highest BCUT2D eigenvalue weighted by Crippen LogP contribution is 2.34. The first-order valence-electron chi connectivity index (χ1n) is 8.75. The van der Waals surface area contributed by atoms with Gasteiger partial charge in [-0.25, -0.2) is 9.59 Å². The van der Waals surface area contributed by atoms with Crippen LogP contribution in [0.1, 0.15) is 57.7 Å². The molecule has 25 heavy (non-hydrogen) atoms. The predicted octanol–water partition coefficient (Wildman–Crippen LogP) is 4.04. The number of nitrogens with one attached hydrogen (secondary N) is 1.